The van der Waals surface area contributed by atoms with Gasteiger partial charge in [-0.05, 0) is 25.0 Å². The van der Waals surface area contributed by atoms with Crippen LogP contribution in [-0.2, 0) is 0 Å². The number of hydrogen-bond donors (Lipinski definition) is 2. The van der Waals surface area contributed by atoms with Crippen LogP contribution in [0.3, 0.4) is 0 Å². The van der Waals surface area contributed by atoms with Crippen molar-refractivity contribution in [3.05, 3.63) is 48.3 Å². The first-order chi connectivity index (χ1) is 10.7. The number of carbonyl (C=O) groups is 1. The summed E-state index contributed by atoms with van der Waals surface area (Å²) in [7, 11) is 0. The van der Waals surface area contributed by atoms with Crippen molar-refractivity contribution in [1.29, 1.82) is 0 Å². The zero-order chi connectivity index (χ0) is 15.4. The molecule has 5 nitrogen and oxygen atoms in total. The van der Waals surface area contributed by atoms with Gasteiger partial charge in [-0.3, -0.25) is 4.79 Å². The molecule has 5 heteroatoms. The monoisotopic (exact) mass is 299 g/mol. The number of para-hydroxylation sites is 1. The molecule has 0 bridgehead atoms. The minimum absolute atomic E-state index is 0.193. The molecule has 1 saturated carbocycles. The van der Waals surface area contributed by atoms with Gasteiger partial charge in [-0.2, -0.15) is 5.10 Å². The SMILES string of the molecule is O=C(NCC1(O)CCCCC1)c1cnn(-c2ccccc2)c1. The third-order valence-corrected chi connectivity index (χ3v) is 4.23. The first-order valence-corrected chi connectivity index (χ1v) is 7.77. The fraction of sp³-hybridized carbons (Fsp3) is 0.412. The van der Waals surface area contributed by atoms with E-state index in [1.54, 1.807) is 17.1 Å². The van der Waals surface area contributed by atoms with E-state index >= 15 is 0 Å². The highest BCUT2D eigenvalue weighted by Gasteiger charge is 2.29. The molecule has 3 rings (SSSR count). The molecule has 116 valence electrons. The number of rotatable bonds is 4. The summed E-state index contributed by atoms with van der Waals surface area (Å²) in [5, 5.41) is 17.5. The average Bonchev–Trinajstić information content (AvgIpc) is 3.04. The molecule has 0 spiro atoms. The van der Waals surface area contributed by atoms with E-state index in [-0.39, 0.29) is 5.91 Å². The Hall–Kier alpha value is -2.14. The van der Waals surface area contributed by atoms with Crippen LogP contribution >= 0.6 is 0 Å². The Bertz CT molecular complexity index is 630. The van der Waals surface area contributed by atoms with Gasteiger partial charge < -0.3 is 10.4 Å². The van der Waals surface area contributed by atoms with E-state index in [0.29, 0.717) is 12.1 Å². The van der Waals surface area contributed by atoms with Crippen molar-refractivity contribution >= 4 is 5.91 Å². The number of carbonyl (C=O) groups excluding carboxylic acids is 1. The van der Waals surface area contributed by atoms with E-state index in [4.69, 9.17) is 0 Å². The van der Waals surface area contributed by atoms with E-state index in [1.807, 2.05) is 30.3 Å². The highest BCUT2D eigenvalue weighted by atomic mass is 16.3. The van der Waals surface area contributed by atoms with Gasteiger partial charge >= 0.3 is 0 Å². The van der Waals surface area contributed by atoms with E-state index in [0.717, 1.165) is 31.4 Å². The van der Waals surface area contributed by atoms with Gasteiger partial charge in [0.25, 0.3) is 5.91 Å². The van der Waals surface area contributed by atoms with Crippen LogP contribution in [0.4, 0.5) is 0 Å². The van der Waals surface area contributed by atoms with E-state index < -0.39 is 5.60 Å². The van der Waals surface area contributed by atoms with E-state index in [9.17, 15) is 9.90 Å². The van der Waals surface area contributed by atoms with Gasteiger partial charge in [0.2, 0.25) is 0 Å². The first-order valence-electron chi connectivity index (χ1n) is 7.77. The molecular weight excluding hydrogens is 278 g/mol. The second-order valence-electron chi connectivity index (χ2n) is 5.98. The molecule has 0 atom stereocenters. The third-order valence-electron chi connectivity index (χ3n) is 4.23. The summed E-state index contributed by atoms with van der Waals surface area (Å²) in [6.45, 7) is 0.308. The molecule has 1 amide bonds. The standard InChI is InChI=1S/C17H21N3O2/c21-16(18-13-17(22)9-5-2-6-10-17)14-11-19-20(12-14)15-7-3-1-4-8-15/h1,3-4,7-8,11-12,22H,2,5-6,9-10,13H2,(H,18,21). The number of nitrogens with zero attached hydrogens (tertiary/aromatic N) is 2. The summed E-state index contributed by atoms with van der Waals surface area (Å²) < 4.78 is 1.67. The summed E-state index contributed by atoms with van der Waals surface area (Å²) in [5.74, 6) is -0.193. The summed E-state index contributed by atoms with van der Waals surface area (Å²) in [5.41, 5.74) is 0.666. The van der Waals surface area contributed by atoms with Crippen molar-refractivity contribution in [3.8, 4) is 5.69 Å². The molecule has 1 aromatic carbocycles. The predicted molar refractivity (Wildman–Crippen MR) is 83.9 cm³/mol. The normalized spacial score (nSPS) is 17.1. The van der Waals surface area contributed by atoms with E-state index in [2.05, 4.69) is 10.4 Å². The lowest BCUT2D eigenvalue weighted by Crippen LogP contribution is -2.44. The smallest absolute Gasteiger partial charge is 0.254 e. The van der Waals surface area contributed by atoms with Crippen molar-refractivity contribution in [2.24, 2.45) is 0 Å². The Balaban J connectivity index is 1.62. The maximum Gasteiger partial charge on any atom is 0.254 e. The second kappa shape index (κ2) is 6.32. The lowest BCUT2D eigenvalue weighted by atomic mass is 9.85. The fourth-order valence-corrected chi connectivity index (χ4v) is 2.90. The fourth-order valence-electron chi connectivity index (χ4n) is 2.90. The summed E-state index contributed by atoms with van der Waals surface area (Å²) in [6, 6.07) is 9.65. The molecule has 1 fully saturated rings. The lowest BCUT2D eigenvalue weighted by Gasteiger charge is -2.32. The van der Waals surface area contributed by atoms with Crippen LogP contribution in [0.1, 0.15) is 42.5 Å². The van der Waals surface area contributed by atoms with Crippen molar-refractivity contribution in [2.45, 2.75) is 37.7 Å². The molecule has 0 radical (unpaired) electrons. The first kappa shape index (κ1) is 14.8. The number of benzene rings is 1. The molecule has 0 saturated heterocycles. The third kappa shape index (κ3) is 3.36. The van der Waals surface area contributed by atoms with Gasteiger partial charge in [-0.25, -0.2) is 4.68 Å². The second-order valence-corrected chi connectivity index (χ2v) is 5.98. The minimum atomic E-state index is -0.747. The quantitative estimate of drug-likeness (QED) is 0.910. The number of hydrogen-bond acceptors (Lipinski definition) is 3. The van der Waals surface area contributed by atoms with Crippen molar-refractivity contribution in [2.75, 3.05) is 6.54 Å². The van der Waals surface area contributed by atoms with Crippen LogP contribution in [0.2, 0.25) is 0 Å². The Morgan fingerprint density at radius 3 is 2.68 bits per heavy atom. The molecule has 0 unspecified atom stereocenters. The maximum absolute atomic E-state index is 12.2. The van der Waals surface area contributed by atoms with Crippen molar-refractivity contribution in [1.82, 2.24) is 15.1 Å². The Morgan fingerprint density at radius 1 is 1.23 bits per heavy atom. The molecule has 1 aliphatic carbocycles. The van der Waals surface area contributed by atoms with Crippen LogP contribution in [0.25, 0.3) is 5.69 Å². The molecule has 1 aliphatic rings. The molecular formula is C17H21N3O2. The molecule has 1 aromatic heterocycles. The average molecular weight is 299 g/mol. The summed E-state index contributed by atoms with van der Waals surface area (Å²) >= 11 is 0. The van der Waals surface area contributed by atoms with Gasteiger partial charge in [-0.15, -0.1) is 0 Å². The Kier molecular flexibility index (Phi) is 4.24. The van der Waals surface area contributed by atoms with Crippen LogP contribution in [0.15, 0.2) is 42.7 Å². The van der Waals surface area contributed by atoms with Crippen LogP contribution in [0.5, 0.6) is 0 Å². The van der Waals surface area contributed by atoms with Crippen LogP contribution < -0.4 is 5.32 Å². The van der Waals surface area contributed by atoms with Gasteiger partial charge in [-0.1, -0.05) is 37.5 Å². The molecule has 2 aromatic rings. The highest BCUT2D eigenvalue weighted by Crippen LogP contribution is 2.27. The Labute approximate surface area is 130 Å². The molecule has 2 N–H and O–H groups in total. The number of nitrogens with one attached hydrogen (secondary N) is 1. The van der Waals surface area contributed by atoms with Crippen LogP contribution in [0, 0.1) is 0 Å². The molecule has 1 heterocycles. The van der Waals surface area contributed by atoms with Gasteiger partial charge in [0, 0.05) is 12.7 Å². The summed E-state index contributed by atoms with van der Waals surface area (Å²) in [4.78, 5) is 12.2. The summed E-state index contributed by atoms with van der Waals surface area (Å²) in [6.07, 6.45) is 7.99. The minimum Gasteiger partial charge on any atom is -0.388 e. The van der Waals surface area contributed by atoms with E-state index in [1.165, 1.54) is 6.42 Å². The zero-order valence-corrected chi connectivity index (χ0v) is 12.5. The number of aliphatic hydroxyl groups is 1. The van der Waals surface area contributed by atoms with Gasteiger partial charge in [0.1, 0.15) is 0 Å². The van der Waals surface area contributed by atoms with Crippen LogP contribution in [-0.4, -0.2) is 32.9 Å². The Morgan fingerprint density at radius 2 is 1.95 bits per heavy atom. The lowest BCUT2D eigenvalue weighted by molar-refractivity contribution is 0.00525. The van der Waals surface area contributed by atoms with Crippen molar-refractivity contribution < 1.29 is 9.90 Å². The van der Waals surface area contributed by atoms with Gasteiger partial charge in [0.05, 0.1) is 23.0 Å². The van der Waals surface area contributed by atoms with Gasteiger partial charge in [0.15, 0.2) is 0 Å². The molecule has 0 aliphatic heterocycles. The number of aromatic nitrogens is 2. The van der Waals surface area contributed by atoms with Crippen molar-refractivity contribution in [3.63, 3.8) is 0 Å². The highest BCUT2D eigenvalue weighted by molar-refractivity contribution is 5.93. The molecule has 22 heavy (non-hydrogen) atoms. The predicted octanol–water partition coefficient (Wildman–Crippen LogP) is 2.30. The zero-order valence-electron chi connectivity index (χ0n) is 12.5. The maximum atomic E-state index is 12.2. The number of amides is 1. The topological polar surface area (TPSA) is 67.2 Å². The largest absolute Gasteiger partial charge is 0.388 e.